The number of para-hydroxylation sites is 1. The van der Waals surface area contributed by atoms with Gasteiger partial charge in [-0.3, -0.25) is 18.8 Å². The zero-order valence-electron chi connectivity index (χ0n) is 18.2. The molecule has 4 rings (SSSR count). The molecular formula is C22H30N6O3. The summed E-state index contributed by atoms with van der Waals surface area (Å²) in [4.78, 5) is 34.3. The van der Waals surface area contributed by atoms with Gasteiger partial charge in [0.2, 0.25) is 0 Å². The average Bonchev–Trinajstić information content (AvgIpc) is 3.18. The minimum absolute atomic E-state index is 0.263. The molecular weight excluding hydrogens is 396 g/mol. The summed E-state index contributed by atoms with van der Waals surface area (Å²) in [5.41, 5.74) is 0.329. The van der Waals surface area contributed by atoms with Crippen molar-refractivity contribution in [1.82, 2.24) is 28.5 Å². The van der Waals surface area contributed by atoms with E-state index in [4.69, 9.17) is 4.74 Å². The molecule has 0 unspecified atom stereocenters. The van der Waals surface area contributed by atoms with E-state index in [0.717, 1.165) is 51.4 Å². The molecule has 0 bridgehead atoms. The van der Waals surface area contributed by atoms with Crippen LogP contribution in [-0.2, 0) is 20.6 Å². The molecule has 3 aromatic rings. The van der Waals surface area contributed by atoms with E-state index in [-0.39, 0.29) is 11.2 Å². The van der Waals surface area contributed by atoms with Crippen molar-refractivity contribution in [2.75, 3.05) is 45.9 Å². The summed E-state index contributed by atoms with van der Waals surface area (Å²) in [7, 11) is 3.43. The Bertz CT molecular complexity index is 1130. The zero-order valence-corrected chi connectivity index (χ0v) is 18.2. The lowest BCUT2D eigenvalue weighted by molar-refractivity contribution is 0.115. The van der Waals surface area contributed by atoms with E-state index < -0.39 is 0 Å². The molecule has 166 valence electrons. The third-order valence-electron chi connectivity index (χ3n) is 5.94. The van der Waals surface area contributed by atoms with Crippen LogP contribution in [0.2, 0.25) is 0 Å². The first-order chi connectivity index (χ1) is 15.0. The van der Waals surface area contributed by atoms with Crippen molar-refractivity contribution in [1.29, 1.82) is 0 Å². The molecule has 1 fully saturated rings. The number of benzene rings is 1. The smallest absolute Gasteiger partial charge is 0.332 e. The predicted octanol–water partition coefficient (Wildman–Crippen LogP) is 0.520. The molecule has 1 aliphatic heterocycles. The molecule has 0 amide bonds. The molecule has 0 saturated carbocycles. The van der Waals surface area contributed by atoms with E-state index >= 15 is 0 Å². The molecule has 0 aliphatic carbocycles. The molecule has 3 heterocycles. The first-order valence-corrected chi connectivity index (χ1v) is 10.8. The highest BCUT2D eigenvalue weighted by molar-refractivity contribution is 5.69. The molecule has 9 nitrogen and oxygen atoms in total. The summed E-state index contributed by atoms with van der Waals surface area (Å²) in [5, 5.41) is 0. The Hall–Kier alpha value is -2.91. The fourth-order valence-electron chi connectivity index (χ4n) is 4.09. The van der Waals surface area contributed by atoms with E-state index in [1.165, 1.54) is 9.13 Å². The second kappa shape index (κ2) is 9.49. The fraction of sp³-hybridized carbons (Fsp3) is 0.500. The third-order valence-corrected chi connectivity index (χ3v) is 5.94. The minimum atomic E-state index is -0.306. The van der Waals surface area contributed by atoms with E-state index in [9.17, 15) is 9.59 Å². The van der Waals surface area contributed by atoms with Crippen molar-refractivity contribution in [2.45, 2.75) is 13.0 Å². The standard InChI is InChI=1S/C22H30N6O3/c1-24-17-23-20-19(24)21(29)28(22(30)25(20)2)10-6-9-26-11-13-27(14-12-26)15-16-31-18-7-4-3-5-8-18/h3-5,7-8,17H,6,9-16H2,1-2H3. The maximum Gasteiger partial charge on any atom is 0.332 e. The highest BCUT2D eigenvalue weighted by Gasteiger charge is 2.18. The monoisotopic (exact) mass is 426 g/mol. The molecule has 31 heavy (non-hydrogen) atoms. The highest BCUT2D eigenvalue weighted by atomic mass is 16.5. The number of aryl methyl sites for hydroxylation is 2. The van der Waals surface area contributed by atoms with Gasteiger partial charge in [0, 0.05) is 53.4 Å². The van der Waals surface area contributed by atoms with Gasteiger partial charge in [-0.1, -0.05) is 18.2 Å². The molecule has 0 radical (unpaired) electrons. The number of nitrogens with zero attached hydrogens (tertiary/aromatic N) is 6. The van der Waals surface area contributed by atoms with Crippen molar-refractivity contribution in [3.63, 3.8) is 0 Å². The lowest BCUT2D eigenvalue weighted by Gasteiger charge is -2.34. The molecule has 1 aliphatic rings. The molecule has 9 heteroatoms. The second-order valence-electron chi connectivity index (χ2n) is 8.02. The first-order valence-electron chi connectivity index (χ1n) is 10.8. The van der Waals surface area contributed by atoms with Gasteiger partial charge in [-0.2, -0.15) is 0 Å². The van der Waals surface area contributed by atoms with Crippen LogP contribution in [0.1, 0.15) is 6.42 Å². The van der Waals surface area contributed by atoms with Gasteiger partial charge < -0.3 is 14.2 Å². The summed E-state index contributed by atoms with van der Waals surface area (Å²) in [5.74, 6) is 0.909. The Morgan fingerprint density at radius 3 is 2.32 bits per heavy atom. The summed E-state index contributed by atoms with van der Waals surface area (Å²) in [6, 6.07) is 9.89. The summed E-state index contributed by atoms with van der Waals surface area (Å²) in [6.45, 7) is 6.86. The second-order valence-corrected chi connectivity index (χ2v) is 8.02. The third kappa shape index (κ3) is 4.72. The first kappa shape index (κ1) is 21.3. The van der Waals surface area contributed by atoms with Crippen LogP contribution in [0, 0.1) is 0 Å². The molecule has 0 atom stereocenters. The van der Waals surface area contributed by atoms with Gasteiger partial charge in [-0.15, -0.1) is 0 Å². The Balaban J connectivity index is 1.24. The maximum atomic E-state index is 12.8. The molecule has 1 aromatic carbocycles. The number of imidazole rings is 1. The van der Waals surface area contributed by atoms with Gasteiger partial charge in [-0.05, 0) is 25.1 Å². The van der Waals surface area contributed by atoms with Gasteiger partial charge in [0.1, 0.15) is 12.4 Å². The van der Waals surface area contributed by atoms with Crippen molar-refractivity contribution in [2.24, 2.45) is 14.1 Å². The molecule has 0 N–H and O–H groups in total. The zero-order chi connectivity index (χ0) is 21.8. The van der Waals surface area contributed by atoms with Gasteiger partial charge in [0.05, 0.1) is 6.33 Å². The van der Waals surface area contributed by atoms with Crippen LogP contribution < -0.4 is 16.0 Å². The van der Waals surface area contributed by atoms with E-state index in [1.807, 2.05) is 30.3 Å². The van der Waals surface area contributed by atoms with Gasteiger partial charge in [-0.25, -0.2) is 9.78 Å². The Morgan fingerprint density at radius 2 is 1.61 bits per heavy atom. The average molecular weight is 427 g/mol. The molecule has 2 aromatic heterocycles. The number of hydrogen-bond donors (Lipinski definition) is 0. The number of hydrogen-bond acceptors (Lipinski definition) is 6. The summed E-state index contributed by atoms with van der Waals surface area (Å²) < 4.78 is 10.3. The van der Waals surface area contributed by atoms with Crippen molar-refractivity contribution < 1.29 is 4.74 Å². The van der Waals surface area contributed by atoms with Gasteiger partial charge in [0.15, 0.2) is 11.2 Å². The van der Waals surface area contributed by atoms with Crippen LogP contribution in [0.15, 0.2) is 46.2 Å². The summed E-state index contributed by atoms with van der Waals surface area (Å²) in [6.07, 6.45) is 2.33. The lowest BCUT2D eigenvalue weighted by atomic mass is 10.3. The largest absolute Gasteiger partial charge is 0.492 e. The van der Waals surface area contributed by atoms with Crippen LogP contribution in [0.4, 0.5) is 0 Å². The molecule has 0 spiro atoms. The van der Waals surface area contributed by atoms with Gasteiger partial charge >= 0.3 is 5.69 Å². The topological polar surface area (TPSA) is 77.5 Å². The van der Waals surface area contributed by atoms with Crippen molar-refractivity contribution in [3.05, 3.63) is 57.5 Å². The maximum absolute atomic E-state index is 12.8. The number of fused-ring (bicyclic) bond motifs is 1. The Morgan fingerprint density at radius 1 is 0.935 bits per heavy atom. The highest BCUT2D eigenvalue weighted by Crippen LogP contribution is 2.09. The predicted molar refractivity (Wildman–Crippen MR) is 120 cm³/mol. The normalized spacial score (nSPS) is 15.5. The quantitative estimate of drug-likeness (QED) is 0.523. The summed E-state index contributed by atoms with van der Waals surface area (Å²) >= 11 is 0. The van der Waals surface area contributed by atoms with E-state index in [2.05, 4.69) is 14.8 Å². The van der Waals surface area contributed by atoms with E-state index in [0.29, 0.717) is 24.3 Å². The van der Waals surface area contributed by atoms with Crippen LogP contribution in [0.25, 0.3) is 11.2 Å². The lowest BCUT2D eigenvalue weighted by Crippen LogP contribution is -2.48. The van der Waals surface area contributed by atoms with Crippen LogP contribution in [0.5, 0.6) is 5.75 Å². The Labute approximate surface area is 181 Å². The van der Waals surface area contributed by atoms with Gasteiger partial charge in [0.25, 0.3) is 5.56 Å². The minimum Gasteiger partial charge on any atom is -0.492 e. The van der Waals surface area contributed by atoms with Crippen LogP contribution in [-0.4, -0.2) is 74.4 Å². The van der Waals surface area contributed by atoms with E-state index in [1.54, 1.807) is 25.0 Å². The number of rotatable bonds is 8. The number of piperazine rings is 1. The SMILES string of the molecule is Cn1cnc2c1c(=O)n(CCCN1CCN(CCOc3ccccc3)CC1)c(=O)n2C. The number of aromatic nitrogens is 4. The van der Waals surface area contributed by atoms with Crippen LogP contribution in [0.3, 0.4) is 0 Å². The van der Waals surface area contributed by atoms with Crippen molar-refractivity contribution in [3.8, 4) is 5.75 Å². The fourth-order valence-corrected chi connectivity index (χ4v) is 4.09. The van der Waals surface area contributed by atoms with Crippen LogP contribution >= 0.6 is 0 Å². The molecule has 1 saturated heterocycles. The Kier molecular flexibility index (Phi) is 6.53. The van der Waals surface area contributed by atoms with Crippen molar-refractivity contribution >= 4 is 11.2 Å². The number of ether oxygens (including phenoxy) is 1.